The normalized spacial score (nSPS) is 20.0. The number of halogens is 3. The maximum atomic E-state index is 12.3. The molecule has 4 nitrogen and oxygen atoms in total. The molecule has 1 fully saturated rings. The Morgan fingerprint density at radius 2 is 1.74 bits per heavy atom. The summed E-state index contributed by atoms with van der Waals surface area (Å²) in [6.45, 7) is 0. The molecular formula is C20H18F3NO3. The molecule has 1 unspecified atom stereocenters. The number of hydrogen-bond donors (Lipinski definition) is 2. The minimum absolute atomic E-state index is 0.0451. The monoisotopic (exact) mass is 377 g/mol. The van der Waals surface area contributed by atoms with E-state index in [0.717, 1.165) is 47.9 Å². The van der Waals surface area contributed by atoms with Gasteiger partial charge in [-0.05, 0) is 65.5 Å². The Bertz CT molecular complexity index is 873. The van der Waals surface area contributed by atoms with Gasteiger partial charge in [0.25, 0.3) is 0 Å². The number of benzene rings is 2. The first-order chi connectivity index (χ1) is 12.8. The van der Waals surface area contributed by atoms with E-state index < -0.39 is 12.5 Å². The number of hydrogen-bond acceptors (Lipinski definition) is 2. The summed E-state index contributed by atoms with van der Waals surface area (Å²) in [5.74, 6) is -0.259. The fourth-order valence-electron chi connectivity index (χ4n) is 4.04. The molecule has 2 aromatic carbocycles. The van der Waals surface area contributed by atoms with Gasteiger partial charge in [-0.25, -0.2) is 4.79 Å². The van der Waals surface area contributed by atoms with Crippen LogP contribution in [-0.4, -0.2) is 17.6 Å². The van der Waals surface area contributed by atoms with Crippen LogP contribution in [0.3, 0.4) is 0 Å². The quantitative estimate of drug-likeness (QED) is 0.764. The Kier molecular flexibility index (Phi) is 4.05. The van der Waals surface area contributed by atoms with Crippen LogP contribution in [-0.2, 0) is 6.42 Å². The number of aryl methyl sites for hydroxylation is 1. The zero-order valence-electron chi connectivity index (χ0n) is 14.3. The molecule has 1 amide bonds. The lowest BCUT2D eigenvalue weighted by Gasteiger charge is -2.34. The van der Waals surface area contributed by atoms with E-state index in [2.05, 4.69) is 10.1 Å². The average molecular weight is 377 g/mol. The van der Waals surface area contributed by atoms with Crippen LogP contribution < -0.4 is 10.1 Å². The van der Waals surface area contributed by atoms with Crippen molar-refractivity contribution in [2.75, 3.05) is 0 Å². The summed E-state index contributed by atoms with van der Waals surface area (Å²) in [5, 5.41) is 11.9. The number of carboxylic acid groups (broad SMARTS) is 1. The molecule has 0 radical (unpaired) electrons. The molecule has 2 aliphatic carbocycles. The zero-order valence-corrected chi connectivity index (χ0v) is 14.3. The van der Waals surface area contributed by atoms with Gasteiger partial charge in [0.1, 0.15) is 5.75 Å². The number of ether oxygens (including phenoxy) is 1. The maximum Gasteiger partial charge on any atom is 0.573 e. The fourth-order valence-corrected chi connectivity index (χ4v) is 4.04. The molecule has 142 valence electrons. The lowest BCUT2D eigenvalue weighted by Crippen LogP contribution is -2.36. The lowest BCUT2D eigenvalue weighted by atomic mass is 9.76. The van der Waals surface area contributed by atoms with Crippen LogP contribution in [0.5, 0.6) is 5.75 Å². The van der Waals surface area contributed by atoms with E-state index in [4.69, 9.17) is 0 Å². The first-order valence-electron chi connectivity index (χ1n) is 8.74. The average Bonchev–Trinajstić information content (AvgIpc) is 3.37. The first-order valence-corrected chi connectivity index (χ1v) is 8.74. The van der Waals surface area contributed by atoms with Crippen molar-refractivity contribution in [1.82, 2.24) is 5.32 Å². The molecule has 1 atom stereocenters. The van der Waals surface area contributed by atoms with E-state index in [1.807, 2.05) is 18.2 Å². The van der Waals surface area contributed by atoms with E-state index in [9.17, 15) is 23.1 Å². The summed E-state index contributed by atoms with van der Waals surface area (Å²) in [6.07, 6.45) is -1.87. The van der Waals surface area contributed by atoms with Gasteiger partial charge in [-0.1, -0.05) is 30.3 Å². The summed E-state index contributed by atoms with van der Waals surface area (Å²) < 4.78 is 40.7. The molecule has 4 rings (SSSR count). The Morgan fingerprint density at radius 1 is 1.07 bits per heavy atom. The Morgan fingerprint density at radius 3 is 2.33 bits per heavy atom. The second-order valence-corrected chi connectivity index (χ2v) is 7.23. The number of nitrogens with one attached hydrogen (secondary N) is 1. The molecule has 0 aromatic heterocycles. The van der Waals surface area contributed by atoms with Crippen molar-refractivity contribution in [3.8, 4) is 16.9 Å². The molecule has 2 aliphatic rings. The third-order valence-corrected chi connectivity index (χ3v) is 5.54. The highest BCUT2D eigenvalue weighted by molar-refractivity contribution is 5.68. The molecule has 7 heteroatoms. The van der Waals surface area contributed by atoms with Crippen molar-refractivity contribution in [1.29, 1.82) is 0 Å². The topological polar surface area (TPSA) is 58.6 Å². The van der Waals surface area contributed by atoms with Crippen LogP contribution >= 0.6 is 0 Å². The minimum Gasteiger partial charge on any atom is -0.465 e. The van der Waals surface area contributed by atoms with E-state index in [0.29, 0.717) is 0 Å². The first kappa shape index (κ1) is 17.7. The van der Waals surface area contributed by atoms with Gasteiger partial charge >= 0.3 is 12.5 Å². The van der Waals surface area contributed by atoms with Gasteiger partial charge in [-0.3, -0.25) is 0 Å². The molecular weight excluding hydrogens is 359 g/mol. The number of carbonyl (C=O) groups is 1. The SMILES string of the molecule is O=C(O)NC1c2ccc(-c3ccc(OC(F)(F)F)cc3)cc2CCC12CC2. The van der Waals surface area contributed by atoms with E-state index in [-0.39, 0.29) is 17.2 Å². The molecule has 0 aliphatic heterocycles. The Labute approximate surface area is 154 Å². The van der Waals surface area contributed by atoms with E-state index >= 15 is 0 Å². The number of rotatable bonds is 3. The lowest BCUT2D eigenvalue weighted by molar-refractivity contribution is -0.274. The molecule has 0 bridgehead atoms. The van der Waals surface area contributed by atoms with Crippen LogP contribution in [0.15, 0.2) is 42.5 Å². The maximum absolute atomic E-state index is 12.3. The largest absolute Gasteiger partial charge is 0.573 e. The van der Waals surface area contributed by atoms with Crippen LogP contribution in [0, 0.1) is 5.41 Å². The highest BCUT2D eigenvalue weighted by Gasteiger charge is 2.52. The van der Waals surface area contributed by atoms with Gasteiger partial charge in [-0.15, -0.1) is 13.2 Å². The molecule has 0 saturated heterocycles. The highest BCUT2D eigenvalue weighted by Crippen LogP contribution is 2.60. The van der Waals surface area contributed by atoms with Gasteiger partial charge in [0.05, 0.1) is 6.04 Å². The van der Waals surface area contributed by atoms with Crippen LogP contribution in [0.2, 0.25) is 0 Å². The zero-order chi connectivity index (χ0) is 19.2. The van der Waals surface area contributed by atoms with Gasteiger partial charge in [0, 0.05) is 0 Å². The second-order valence-electron chi connectivity index (χ2n) is 7.23. The van der Waals surface area contributed by atoms with Gasteiger partial charge in [-0.2, -0.15) is 0 Å². The Balaban J connectivity index is 1.61. The third-order valence-electron chi connectivity index (χ3n) is 5.54. The molecule has 27 heavy (non-hydrogen) atoms. The van der Waals surface area contributed by atoms with E-state index in [1.54, 1.807) is 12.1 Å². The standard InChI is InChI=1S/C20H18F3NO3/c21-20(22,23)27-15-4-1-12(2-5-15)13-3-6-16-14(11-13)7-8-19(9-10-19)17(16)24-18(25)26/h1-6,11,17,24H,7-10H2,(H,25,26). The van der Waals surface area contributed by atoms with Gasteiger partial charge in [0.2, 0.25) is 0 Å². The van der Waals surface area contributed by atoms with Crippen molar-refractivity contribution in [2.24, 2.45) is 5.41 Å². The van der Waals surface area contributed by atoms with Gasteiger partial charge in [0.15, 0.2) is 0 Å². The predicted molar refractivity (Wildman–Crippen MR) is 92.5 cm³/mol. The third kappa shape index (κ3) is 3.59. The molecule has 1 spiro atoms. The number of amides is 1. The van der Waals surface area contributed by atoms with Crippen molar-refractivity contribution < 1.29 is 27.8 Å². The summed E-state index contributed by atoms with van der Waals surface area (Å²) in [7, 11) is 0. The summed E-state index contributed by atoms with van der Waals surface area (Å²) in [5.41, 5.74) is 3.79. The van der Waals surface area contributed by atoms with Crippen molar-refractivity contribution in [3.05, 3.63) is 53.6 Å². The predicted octanol–water partition coefficient (Wildman–Crippen LogP) is 5.29. The van der Waals surface area contributed by atoms with Crippen LogP contribution in [0.1, 0.15) is 36.4 Å². The summed E-state index contributed by atoms with van der Waals surface area (Å²) in [6, 6.07) is 11.4. The fraction of sp³-hybridized carbons (Fsp3) is 0.350. The second kappa shape index (κ2) is 6.18. The minimum atomic E-state index is -4.71. The van der Waals surface area contributed by atoms with E-state index in [1.165, 1.54) is 12.1 Å². The van der Waals surface area contributed by atoms with Crippen molar-refractivity contribution in [3.63, 3.8) is 0 Å². The van der Waals surface area contributed by atoms with Crippen molar-refractivity contribution in [2.45, 2.75) is 38.1 Å². The number of fused-ring (bicyclic) bond motifs is 1. The van der Waals surface area contributed by atoms with Crippen LogP contribution in [0.25, 0.3) is 11.1 Å². The highest BCUT2D eigenvalue weighted by atomic mass is 19.4. The summed E-state index contributed by atoms with van der Waals surface area (Å²) in [4.78, 5) is 11.2. The summed E-state index contributed by atoms with van der Waals surface area (Å²) >= 11 is 0. The van der Waals surface area contributed by atoms with Gasteiger partial charge < -0.3 is 15.2 Å². The van der Waals surface area contributed by atoms with Crippen LogP contribution in [0.4, 0.5) is 18.0 Å². The Hall–Kier alpha value is -2.70. The molecule has 2 N–H and O–H groups in total. The smallest absolute Gasteiger partial charge is 0.465 e. The molecule has 0 heterocycles. The van der Waals surface area contributed by atoms with Crippen molar-refractivity contribution >= 4 is 6.09 Å². The molecule has 2 aromatic rings. The number of alkyl halides is 3. The molecule has 1 saturated carbocycles.